The van der Waals surface area contributed by atoms with Gasteiger partial charge in [-0.2, -0.15) is 0 Å². The molecule has 0 radical (unpaired) electrons. The molecule has 0 amide bonds. The maximum atomic E-state index is 5.48. The van der Waals surface area contributed by atoms with Crippen molar-refractivity contribution in [3.05, 3.63) is 35.4 Å². The summed E-state index contributed by atoms with van der Waals surface area (Å²) in [6.45, 7) is 4.23. The number of likely N-dealkylation sites (tertiary alicyclic amines) is 1. The number of ether oxygens (including phenoxy) is 1. The molecule has 100 valence electrons. The molecule has 1 aromatic carbocycles. The van der Waals surface area contributed by atoms with Crippen LogP contribution in [0.2, 0.25) is 0 Å². The summed E-state index contributed by atoms with van der Waals surface area (Å²) in [6, 6.07) is 8.70. The van der Waals surface area contributed by atoms with E-state index in [-0.39, 0.29) is 0 Å². The van der Waals surface area contributed by atoms with Crippen LogP contribution < -0.4 is 5.32 Å². The summed E-state index contributed by atoms with van der Waals surface area (Å²) in [7, 11) is 3.82. The highest BCUT2D eigenvalue weighted by Gasteiger charge is 2.19. The highest BCUT2D eigenvalue weighted by Crippen LogP contribution is 2.17. The summed E-state index contributed by atoms with van der Waals surface area (Å²) in [4.78, 5) is 2.51. The van der Waals surface area contributed by atoms with Crippen LogP contribution in [-0.4, -0.2) is 38.3 Å². The van der Waals surface area contributed by atoms with Crippen LogP contribution in [0.1, 0.15) is 24.0 Å². The van der Waals surface area contributed by atoms with Crippen LogP contribution in [0.3, 0.4) is 0 Å². The smallest absolute Gasteiger partial charge is 0.0698 e. The van der Waals surface area contributed by atoms with Gasteiger partial charge in [-0.25, -0.2) is 0 Å². The summed E-state index contributed by atoms with van der Waals surface area (Å²) >= 11 is 0. The van der Waals surface area contributed by atoms with Crippen molar-refractivity contribution in [2.45, 2.75) is 32.0 Å². The van der Waals surface area contributed by atoms with E-state index in [4.69, 9.17) is 4.74 Å². The lowest BCUT2D eigenvalue weighted by molar-refractivity contribution is 0.0284. The van der Waals surface area contributed by atoms with Gasteiger partial charge in [0.05, 0.1) is 6.10 Å². The Morgan fingerprint density at radius 1 is 1.33 bits per heavy atom. The zero-order valence-corrected chi connectivity index (χ0v) is 11.5. The molecule has 1 aliphatic rings. The number of piperidine rings is 1. The van der Waals surface area contributed by atoms with Gasteiger partial charge in [0.1, 0.15) is 0 Å². The van der Waals surface area contributed by atoms with Gasteiger partial charge in [-0.15, -0.1) is 0 Å². The summed E-state index contributed by atoms with van der Waals surface area (Å²) < 4.78 is 5.48. The Kier molecular flexibility index (Phi) is 5.17. The molecule has 1 aromatic rings. The average molecular weight is 248 g/mol. The fourth-order valence-electron chi connectivity index (χ4n) is 2.66. The van der Waals surface area contributed by atoms with Crippen LogP contribution in [0.25, 0.3) is 0 Å². The molecular weight excluding hydrogens is 224 g/mol. The third kappa shape index (κ3) is 3.55. The minimum atomic E-state index is 0.412. The predicted octanol–water partition coefficient (Wildman–Crippen LogP) is 2.02. The highest BCUT2D eigenvalue weighted by molar-refractivity contribution is 5.27. The van der Waals surface area contributed by atoms with E-state index in [0.29, 0.717) is 6.10 Å². The van der Waals surface area contributed by atoms with Crippen LogP contribution >= 0.6 is 0 Å². The number of hydrogen-bond acceptors (Lipinski definition) is 3. The number of methoxy groups -OCH3 is 1. The Bertz CT molecular complexity index is 367. The van der Waals surface area contributed by atoms with Crippen LogP contribution in [0.4, 0.5) is 0 Å². The third-order valence-electron chi connectivity index (χ3n) is 3.68. The van der Waals surface area contributed by atoms with Gasteiger partial charge >= 0.3 is 0 Å². The Hall–Kier alpha value is -0.900. The minimum Gasteiger partial charge on any atom is -0.380 e. The van der Waals surface area contributed by atoms with Gasteiger partial charge in [-0.05, 0) is 37.6 Å². The predicted molar refractivity (Wildman–Crippen MR) is 74.5 cm³/mol. The van der Waals surface area contributed by atoms with Crippen molar-refractivity contribution in [2.75, 3.05) is 27.2 Å². The molecule has 3 heteroatoms. The van der Waals surface area contributed by atoms with Crippen molar-refractivity contribution in [2.24, 2.45) is 0 Å². The molecule has 1 atom stereocenters. The fourth-order valence-corrected chi connectivity index (χ4v) is 2.66. The summed E-state index contributed by atoms with van der Waals surface area (Å²) in [5, 5.41) is 3.24. The van der Waals surface area contributed by atoms with Crippen molar-refractivity contribution in [1.82, 2.24) is 10.2 Å². The van der Waals surface area contributed by atoms with Crippen LogP contribution in [0.5, 0.6) is 0 Å². The largest absolute Gasteiger partial charge is 0.380 e. The van der Waals surface area contributed by atoms with Crippen molar-refractivity contribution in [3.8, 4) is 0 Å². The maximum absolute atomic E-state index is 5.48. The molecular formula is C15H24N2O. The molecule has 1 fully saturated rings. The maximum Gasteiger partial charge on any atom is 0.0698 e. The average Bonchev–Trinajstić information content (AvgIpc) is 2.41. The minimum absolute atomic E-state index is 0.412. The first kappa shape index (κ1) is 13.5. The Labute approximate surface area is 110 Å². The van der Waals surface area contributed by atoms with E-state index >= 15 is 0 Å². The van der Waals surface area contributed by atoms with Crippen molar-refractivity contribution in [1.29, 1.82) is 0 Å². The Morgan fingerprint density at radius 3 is 2.83 bits per heavy atom. The van der Waals surface area contributed by atoms with Crippen LogP contribution in [-0.2, 0) is 17.8 Å². The van der Waals surface area contributed by atoms with Gasteiger partial charge in [0, 0.05) is 26.7 Å². The van der Waals surface area contributed by atoms with Gasteiger partial charge in [0.25, 0.3) is 0 Å². The van der Waals surface area contributed by atoms with E-state index in [1.54, 1.807) is 0 Å². The van der Waals surface area contributed by atoms with Crippen LogP contribution in [0, 0.1) is 0 Å². The van der Waals surface area contributed by atoms with Crippen LogP contribution in [0.15, 0.2) is 24.3 Å². The number of benzene rings is 1. The lowest BCUT2D eigenvalue weighted by atomic mass is 10.0. The van der Waals surface area contributed by atoms with Gasteiger partial charge in [-0.1, -0.05) is 24.3 Å². The van der Waals surface area contributed by atoms with Crippen molar-refractivity contribution < 1.29 is 4.74 Å². The van der Waals surface area contributed by atoms with Crippen molar-refractivity contribution >= 4 is 0 Å². The first-order chi connectivity index (χ1) is 8.83. The zero-order valence-electron chi connectivity index (χ0n) is 11.5. The fraction of sp³-hybridized carbons (Fsp3) is 0.600. The molecule has 18 heavy (non-hydrogen) atoms. The summed E-state index contributed by atoms with van der Waals surface area (Å²) in [6.07, 6.45) is 2.85. The SMILES string of the molecule is CNCc1ccccc1CN1CCCC(OC)C1. The zero-order chi connectivity index (χ0) is 12.8. The molecule has 0 aliphatic carbocycles. The van der Waals surface area contributed by atoms with Crippen molar-refractivity contribution in [3.63, 3.8) is 0 Å². The first-order valence-corrected chi connectivity index (χ1v) is 6.80. The van der Waals surface area contributed by atoms with Gasteiger partial charge in [0.15, 0.2) is 0 Å². The van der Waals surface area contributed by atoms with E-state index in [0.717, 1.165) is 19.6 Å². The van der Waals surface area contributed by atoms with E-state index in [2.05, 4.69) is 34.5 Å². The lowest BCUT2D eigenvalue weighted by Gasteiger charge is -2.32. The van der Waals surface area contributed by atoms with E-state index in [1.165, 1.54) is 30.5 Å². The molecule has 0 spiro atoms. The normalized spacial score (nSPS) is 21.1. The second kappa shape index (κ2) is 6.88. The monoisotopic (exact) mass is 248 g/mol. The number of nitrogens with one attached hydrogen (secondary N) is 1. The molecule has 1 unspecified atom stereocenters. The molecule has 1 heterocycles. The molecule has 1 N–H and O–H groups in total. The molecule has 0 aromatic heterocycles. The van der Waals surface area contributed by atoms with Gasteiger partial charge in [0.2, 0.25) is 0 Å². The van der Waals surface area contributed by atoms with E-state index in [9.17, 15) is 0 Å². The quantitative estimate of drug-likeness (QED) is 0.863. The standard InChI is InChI=1S/C15H24N2O/c1-16-10-13-6-3-4-7-14(13)11-17-9-5-8-15(12-17)18-2/h3-4,6-7,15-16H,5,8-12H2,1-2H3. The molecule has 2 rings (SSSR count). The summed E-state index contributed by atoms with van der Waals surface area (Å²) in [5.41, 5.74) is 2.84. The highest BCUT2D eigenvalue weighted by atomic mass is 16.5. The second-order valence-corrected chi connectivity index (χ2v) is 5.03. The topological polar surface area (TPSA) is 24.5 Å². The molecule has 1 aliphatic heterocycles. The molecule has 3 nitrogen and oxygen atoms in total. The van der Waals surface area contributed by atoms with E-state index in [1.807, 2.05) is 14.2 Å². The Balaban J connectivity index is 1.99. The Morgan fingerprint density at radius 2 is 2.11 bits per heavy atom. The van der Waals surface area contributed by atoms with E-state index < -0.39 is 0 Å². The molecule has 0 bridgehead atoms. The number of rotatable bonds is 5. The molecule has 1 saturated heterocycles. The van der Waals surface area contributed by atoms with Gasteiger partial charge in [-0.3, -0.25) is 4.90 Å². The summed E-state index contributed by atoms with van der Waals surface area (Å²) in [5.74, 6) is 0. The molecule has 0 saturated carbocycles. The second-order valence-electron chi connectivity index (χ2n) is 5.03. The first-order valence-electron chi connectivity index (χ1n) is 6.80. The number of nitrogens with zero attached hydrogens (tertiary/aromatic N) is 1. The third-order valence-corrected chi connectivity index (χ3v) is 3.68. The van der Waals surface area contributed by atoms with Gasteiger partial charge < -0.3 is 10.1 Å². The lowest BCUT2D eigenvalue weighted by Crippen LogP contribution is -2.38. The number of hydrogen-bond donors (Lipinski definition) is 1.